The van der Waals surface area contributed by atoms with Crippen LogP contribution in [0.1, 0.15) is 37.7 Å². The number of likely N-dealkylation sites (tertiary alicyclic amines) is 1. The van der Waals surface area contributed by atoms with Crippen LogP contribution >= 0.6 is 0 Å². The van der Waals surface area contributed by atoms with Gasteiger partial charge in [-0.25, -0.2) is 0 Å². The standard InChI is InChI=1S/C21H32N2O2/c1-2-4-17(5-3-1)14-23-11-8-19(9-12-23)22-20-16-24-13-10-21(20)25-15-18-6-7-18/h1-5,18-22H,6-16H2/t20-,21+/m1/s1. The number of ether oxygens (including phenoxy) is 2. The van der Waals surface area contributed by atoms with Crippen molar-refractivity contribution in [3.05, 3.63) is 35.9 Å². The van der Waals surface area contributed by atoms with E-state index in [1.807, 2.05) is 0 Å². The van der Waals surface area contributed by atoms with Gasteiger partial charge in [0.05, 0.1) is 18.8 Å². The molecule has 3 aliphatic rings. The molecule has 1 saturated carbocycles. The summed E-state index contributed by atoms with van der Waals surface area (Å²) in [5.41, 5.74) is 1.42. The average molecular weight is 344 g/mol. The number of benzene rings is 1. The number of piperidine rings is 1. The van der Waals surface area contributed by atoms with Gasteiger partial charge in [-0.05, 0) is 56.7 Å². The third kappa shape index (κ3) is 5.27. The fraction of sp³-hybridized carbons (Fsp3) is 0.714. The molecule has 25 heavy (non-hydrogen) atoms. The van der Waals surface area contributed by atoms with Gasteiger partial charge in [-0.2, -0.15) is 0 Å². The lowest BCUT2D eigenvalue weighted by Gasteiger charge is -2.38. The predicted molar refractivity (Wildman–Crippen MR) is 99.6 cm³/mol. The molecule has 1 N–H and O–H groups in total. The predicted octanol–water partition coefficient (Wildman–Crippen LogP) is 2.82. The highest BCUT2D eigenvalue weighted by molar-refractivity contribution is 5.14. The van der Waals surface area contributed by atoms with Crippen LogP contribution in [0.4, 0.5) is 0 Å². The number of hydrogen-bond donors (Lipinski definition) is 1. The molecule has 0 amide bonds. The number of hydrogen-bond acceptors (Lipinski definition) is 4. The van der Waals surface area contributed by atoms with E-state index in [1.54, 1.807) is 0 Å². The van der Waals surface area contributed by atoms with Gasteiger partial charge in [0.25, 0.3) is 0 Å². The fourth-order valence-electron chi connectivity index (χ4n) is 4.02. The molecular weight excluding hydrogens is 312 g/mol. The fourth-order valence-corrected chi connectivity index (χ4v) is 4.02. The largest absolute Gasteiger partial charge is 0.380 e. The first kappa shape index (κ1) is 17.5. The monoisotopic (exact) mass is 344 g/mol. The van der Waals surface area contributed by atoms with Crippen LogP contribution in [0.3, 0.4) is 0 Å². The third-order valence-corrected chi connectivity index (χ3v) is 5.82. The summed E-state index contributed by atoms with van der Waals surface area (Å²) in [6, 6.07) is 11.8. The van der Waals surface area contributed by atoms with Crippen LogP contribution < -0.4 is 5.32 Å². The molecule has 3 fully saturated rings. The van der Waals surface area contributed by atoms with E-state index >= 15 is 0 Å². The van der Waals surface area contributed by atoms with Crippen molar-refractivity contribution in [3.63, 3.8) is 0 Å². The summed E-state index contributed by atoms with van der Waals surface area (Å²) in [5, 5.41) is 3.86. The average Bonchev–Trinajstić information content (AvgIpc) is 3.48. The number of nitrogens with one attached hydrogen (secondary N) is 1. The van der Waals surface area contributed by atoms with Crippen LogP contribution in [0.5, 0.6) is 0 Å². The first-order chi connectivity index (χ1) is 12.4. The third-order valence-electron chi connectivity index (χ3n) is 5.82. The van der Waals surface area contributed by atoms with Crippen LogP contribution in [0.15, 0.2) is 30.3 Å². The summed E-state index contributed by atoms with van der Waals surface area (Å²) in [6.07, 6.45) is 6.55. The molecule has 4 heteroatoms. The van der Waals surface area contributed by atoms with Crippen molar-refractivity contribution in [2.75, 3.05) is 32.9 Å². The van der Waals surface area contributed by atoms with E-state index < -0.39 is 0 Å². The second-order valence-corrected chi connectivity index (χ2v) is 7.99. The van der Waals surface area contributed by atoms with Gasteiger partial charge in [-0.15, -0.1) is 0 Å². The second-order valence-electron chi connectivity index (χ2n) is 7.99. The molecule has 1 aliphatic carbocycles. The first-order valence-corrected chi connectivity index (χ1v) is 10.1. The van der Waals surface area contributed by atoms with Crippen molar-refractivity contribution in [2.45, 2.75) is 56.8 Å². The summed E-state index contributed by atoms with van der Waals surface area (Å²) in [7, 11) is 0. The van der Waals surface area contributed by atoms with Crippen LogP contribution in [0.2, 0.25) is 0 Å². The van der Waals surface area contributed by atoms with Crippen LogP contribution in [0, 0.1) is 5.92 Å². The van der Waals surface area contributed by atoms with Gasteiger partial charge in [0.2, 0.25) is 0 Å². The minimum absolute atomic E-state index is 0.344. The number of rotatable bonds is 7. The molecule has 0 aromatic heterocycles. The zero-order chi connectivity index (χ0) is 16.9. The number of nitrogens with zero attached hydrogens (tertiary/aromatic N) is 1. The topological polar surface area (TPSA) is 33.7 Å². The highest BCUT2D eigenvalue weighted by Crippen LogP contribution is 2.30. The maximum Gasteiger partial charge on any atom is 0.0772 e. The maximum absolute atomic E-state index is 6.21. The van der Waals surface area contributed by atoms with Crippen molar-refractivity contribution >= 4 is 0 Å². The Labute approximate surface area is 151 Å². The van der Waals surface area contributed by atoms with E-state index in [0.29, 0.717) is 18.2 Å². The molecule has 4 rings (SSSR count). The summed E-state index contributed by atoms with van der Waals surface area (Å²) in [5.74, 6) is 0.838. The van der Waals surface area contributed by atoms with Crippen molar-refractivity contribution in [3.8, 4) is 0 Å². The minimum Gasteiger partial charge on any atom is -0.380 e. The maximum atomic E-state index is 6.21. The highest BCUT2D eigenvalue weighted by Gasteiger charge is 2.31. The van der Waals surface area contributed by atoms with E-state index in [2.05, 4.69) is 40.5 Å². The molecular formula is C21H32N2O2. The molecule has 1 aromatic rings. The van der Waals surface area contributed by atoms with E-state index in [9.17, 15) is 0 Å². The Morgan fingerprint density at radius 2 is 1.84 bits per heavy atom. The lowest BCUT2D eigenvalue weighted by molar-refractivity contribution is -0.0630. The second kappa shape index (κ2) is 8.63. The Balaban J connectivity index is 1.21. The summed E-state index contributed by atoms with van der Waals surface area (Å²) >= 11 is 0. The van der Waals surface area contributed by atoms with Gasteiger partial charge < -0.3 is 14.8 Å². The lowest BCUT2D eigenvalue weighted by atomic mass is 10.00. The molecule has 2 aliphatic heterocycles. The Morgan fingerprint density at radius 3 is 2.60 bits per heavy atom. The molecule has 2 atom stereocenters. The van der Waals surface area contributed by atoms with E-state index in [0.717, 1.165) is 38.7 Å². The molecule has 2 saturated heterocycles. The Morgan fingerprint density at radius 1 is 1.04 bits per heavy atom. The Kier molecular flexibility index (Phi) is 6.03. The molecule has 0 spiro atoms. The smallest absolute Gasteiger partial charge is 0.0772 e. The van der Waals surface area contributed by atoms with Crippen molar-refractivity contribution in [1.29, 1.82) is 0 Å². The molecule has 2 heterocycles. The lowest BCUT2D eigenvalue weighted by Crippen LogP contribution is -2.54. The van der Waals surface area contributed by atoms with Crippen LogP contribution in [-0.2, 0) is 16.0 Å². The highest BCUT2D eigenvalue weighted by atomic mass is 16.5. The molecule has 0 unspecified atom stereocenters. The van der Waals surface area contributed by atoms with Gasteiger partial charge in [-0.1, -0.05) is 30.3 Å². The molecule has 138 valence electrons. The quantitative estimate of drug-likeness (QED) is 0.825. The van der Waals surface area contributed by atoms with Crippen molar-refractivity contribution < 1.29 is 9.47 Å². The van der Waals surface area contributed by atoms with Gasteiger partial charge in [0, 0.05) is 25.8 Å². The van der Waals surface area contributed by atoms with Crippen LogP contribution in [0.25, 0.3) is 0 Å². The Hall–Kier alpha value is -0.940. The van der Waals surface area contributed by atoms with Crippen molar-refractivity contribution in [2.24, 2.45) is 5.92 Å². The van der Waals surface area contributed by atoms with Gasteiger partial charge >= 0.3 is 0 Å². The van der Waals surface area contributed by atoms with Gasteiger partial charge in [0.1, 0.15) is 0 Å². The molecule has 4 nitrogen and oxygen atoms in total. The zero-order valence-electron chi connectivity index (χ0n) is 15.2. The normalized spacial score (nSPS) is 29.0. The van der Waals surface area contributed by atoms with Crippen molar-refractivity contribution in [1.82, 2.24) is 10.2 Å². The van der Waals surface area contributed by atoms with E-state index in [1.165, 1.54) is 44.3 Å². The Bertz CT molecular complexity index is 512. The van der Waals surface area contributed by atoms with E-state index in [4.69, 9.17) is 9.47 Å². The van der Waals surface area contributed by atoms with Gasteiger partial charge in [0.15, 0.2) is 0 Å². The SMILES string of the molecule is c1ccc(CN2CCC(N[C@@H]3COCC[C@@H]3OCC3CC3)CC2)cc1. The molecule has 1 aromatic carbocycles. The van der Waals surface area contributed by atoms with Crippen LogP contribution in [-0.4, -0.2) is 56.0 Å². The van der Waals surface area contributed by atoms with Gasteiger partial charge in [-0.3, -0.25) is 4.90 Å². The molecule has 0 bridgehead atoms. The molecule has 0 radical (unpaired) electrons. The summed E-state index contributed by atoms with van der Waals surface area (Å²) in [4.78, 5) is 2.58. The van der Waals surface area contributed by atoms with E-state index in [-0.39, 0.29) is 0 Å². The zero-order valence-corrected chi connectivity index (χ0v) is 15.2. The minimum atomic E-state index is 0.344. The first-order valence-electron chi connectivity index (χ1n) is 10.1. The summed E-state index contributed by atoms with van der Waals surface area (Å²) in [6.45, 7) is 6.04. The summed E-state index contributed by atoms with van der Waals surface area (Å²) < 4.78 is 11.9.